The van der Waals surface area contributed by atoms with Crippen molar-refractivity contribution in [2.75, 3.05) is 20.7 Å². The molecule has 0 aliphatic rings. The number of rotatable bonds is 10. The highest BCUT2D eigenvalue weighted by Gasteiger charge is 2.25. The van der Waals surface area contributed by atoms with Gasteiger partial charge in [-0.05, 0) is 39.1 Å². The lowest BCUT2D eigenvalue weighted by Crippen LogP contribution is -2.23. The van der Waals surface area contributed by atoms with Crippen molar-refractivity contribution in [1.29, 1.82) is 0 Å². The minimum absolute atomic E-state index is 0.149. The molecule has 4 rings (SSSR count). The number of nitrogens with zero attached hydrogens (tertiary/aromatic N) is 4. The van der Waals surface area contributed by atoms with Crippen LogP contribution in [0.25, 0.3) is 11.0 Å². The topological polar surface area (TPSA) is 73.4 Å². The maximum atomic E-state index is 12.6. The van der Waals surface area contributed by atoms with E-state index in [9.17, 15) is 4.79 Å². The van der Waals surface area contributed by atoms with Gasteiger partial charge in [0.15, 0.2) is 11.0 Å². The number of furan rings is 1. The first-order chi connectivity index (χ1) is 16.5. The molecule has 1 atom stereocenters. The molecule has 0 bridgehead atoms. The third-order valence-corrected chi connectivity index (χ3v) is 6.74. The van der Waals surface area contributed by atoms with Crippen LogP contribution in [0.15, 0.2) is 64.2 Å². The second-order valence-electron chi connectivity index (χ2n) is 8.22. The average Bonchev–Trinajstić information content (AvgIpc) is 3.40. The Morgan fingerprint density at radius 1 is 1.09 bits per heavy atom. The molecule has 178 valence electrons. The Balaban J connectivity index is 1.70. The van der Waals surface area contributed by atoms with E-state index in [-0.39, 0.29) is 11.8 Å². The number of thioether (sulfide) groups is 1. The molecule has 0 unspecified atom stereocenters. The largest absolute Gasteiger partial charge is 0.460 e. The molecule has 2 aromatic carbocycles. The van der Waals surface area contributed by atoms with E-state index < -0.39 is 5.97 Å². The molecule has 2 aromatic heterocycles. The van der Waals surface area contributed by atoms with Crippen molar-refractivity contribution in [2.24, 2.45) is 0 Å². The Bertz CT molecular complexity index is 1250. The number of ether oxygens (including phenoxy) is 1. The Labute approximate surface area is 204 Å². The lowest BCUT2D eigenvalue weighted by molar-refractivity contribution is 0.0491. The van der Waals surface area contributed by atoms with E-state index in [1.807, 2.05) is 42.5 Å². The van der Waals surface area contributed by atoms with E-state index in [2.05, 4.69) is 52.8 Å². The predicted octanol–water partition coefficient (Wildman–Crippen LogP) is 5.55. The molecule has 0 aliphatic heterocycles. The predicted molar refractivity (Wildman–Crippen MR) is 134 cm³/mol. The first-order valence-corrected chi connectivity index (χ1v) is 12.5. The highest BCUT2D eigenvalue weighted by Crippen LogP contribution is 2.33. The van der Waals surface area contributed by atoms with Crippen molar-refractivity contribution in [3.05, 3.63) is 77.3 Å². The van der Waals surface area contributed by atoms with Crippen molar-refractivity contribution < 1.29 is 13.9 Å². The number of hydrogen-bond acceptors (Lipinski definition) is 7. The molecule has 0 fully saturated rings. The van der Waals surface area contributed by atoms with Crippen molar-refractivity contribution in [1.82, 2.24) is 19.7 Å². The van der Waals surface area contributed by atoms with Crippen LogP contribution in [0.5, 0.6) is 0 Å². The Hall–Kier alpha value is -3.10. The summed E-state index contributed by atoms with van der Waals surface area (Å²) < 4.78 is 13.3. The molecule has 34 heavy (non-hydrogen) atoms. The van der Waals surface area contributed by atoms with E-state index in [0.717, 1.165) is 28.4 Å². The molecule has 0 radical (unpaired) electrons. The summed E-state index contributed by atoms with van der Waals surface area (Å²) in [5.74, 6) is 1.25. The fourth-order valence-corrected chi connectivity index (χ4v) is 5.06. The fraction of sp³-hybridized carbons (Fsp3) is 0.346. The lowest BCUT2D eigenvalue weighted by Gasteiger charge is -2.23. The van der Waals surface area contributed by atoms with Gasteiger partial charge in [-0.25, -0.2) is 4.79 Å². The summed E-state index contributed by atoms with van der Waals surface area (Å²) in [5, 5.41) is 10.9. The maximum absolute atomic E-state index is 12.6. The van der Waals surface area contributed by atoms with Crippen LogP contribution in [0.3, 0.4) is 0 Å². The van der Waals surface area contributed by atoms with E-state index in [1.54, 1.807) is 18.7 Å². The second kappa shape index (κ2) is 10.9. The standard InChI is InChI=1S/C26H30N4O3S/c1-5-21(29(3)4)24-27-28-26(30(24)16-18-12-8-7-9-13-18)34-17-20-19-14-10-11-15-22(19)33-23(20)25(31)32-6-2/h7-15,21H,5-6,16-17H2,1-4H3/t21-/m1/s1. The zero-order valence-electron chi connectivity index (χ0n) is 20.0. The summed E-state index contributed by atoms with van der Waals surface area (Å²) in [6.07, 6.45) is 0.921. The van der Waals surface area contributed by atoms with Gasteiger partial charge < -0.3 is 13.7 Å². The summed E-state index contributed by atoms with van der Waals surface area (Å²) in [6, 6.07) is 18.1. The van der Waals surface area contributed by atoms with Gasteiger partial charge in [-0.3, -0.25) is 4.90 Å². The molecule has 7 nitrogen and oxygen atoms in total. The van der Waals surface area contributed by atoms with Gasteiger partial charge in [0.1, 0.15) is 5.58 Å². The van der Waals surface area contributed by atoms with E-state index in [4.69, 9.17) is 9.15 Å². The van der Waals surface area contributed by atoms with E-state index in [1.165, 1.54) is 5.56 Å². The number of aromatic nitrogens is 3. The molecule has 0 saturated heterocycles. The molecule has 2 heterocycles. The van der Waals surface area contributed by atoms with Crippen molar-refractivity contribution >= 4 is 28.7 Å². The minimum atomic E-state index is -0.445. The van der Waals surface area contributed by atoms with Gasteiger partial charge in [0, 0.05) is 16.7 Å². The van der Waals surface area contributed by atoms with Crippen molar-refractivity contribution in [3.8, 4) is 0 Å². The first-order valence-electron chi connectivity index (χ1n) is 11.5. The molecule has 0 N–H and O–H groups in total. The van der Waals surface area contributed by atoms with Crippen LogP contribution >= 0.6 is 11.8 Å². The third-order valence-electron chi connectivity index (χ3n) is 5.74. The van der Waals surface area contributed by atoms with Gasteiger partial charge in [0.2, 0.25) is 5.76 Å². The molecule has 4 aromatic rings. The molecule has 0 saturated carbocycles. The number of para-hydroxylation sites is 1. The Morgan fingerprint density at radius 3 is 2.53 bits per heavy atom. The van der Waals surface area contributed by atoms with E-state index in [0.29, 0.717) is 24.5 Å². The first kappa shape index (κ1) is 24.0. The summed E-state index contributed by atoms with van der Waals surface area (Å²) in [7, 11) is 4.12. The normalized spacial score (nSPS) is 12.4. The third kappa shape index (κ3) is 5.03. The van der Waals surface area contributed by atoms with Crippen LogP contribution in [0.1, 0.15) is 53.8 Å². The Morgan fingerprint density at radius 2 is 1.82 bits per heavy atom. The number of carbonyl (C=O) groups excluding carboxylic acids is 1. The zero-order chi connectivity index (χ0) is 24.1. The number of hydrogen-bond donors (Lipinski definition) is 0. The van der Waals surface area contributed by atoms with Crippen LogP contribution in [0.4, 0.5) is 0 Å². The monoisotopic (exact) mass is 478 g/mol. The Kier molecular flexibility index (Phi) is 7.70. The van der Waals surface area contributed by atoms with Gasteiger partial charge in [-0.1, -0.05) is 67.2 Å². The molecular formula is C26H30N4O3S. The van der Waals surface area contributed by atoms with Gasteiger partial charge >= 0.3 is 5.97 Å². The van der Waals surface area contributed by atoms with Crippen LogP contribution in [-0.2, 0) is 17.0 Å². The number of fused-ring (bicyclic) bond motifs is 1. The fourth-order valence-electron chi connectivity index (χ4n) is 4.09. The summed E-state index contributed by atoms with van der Waals surface area (Å²) in [4.78, 5) is 14.8. The minimum Gasteiger partial charge on any atom is -0.460 e. The van der Waals surface area contributed by atoms with Gasteiger partial charge in [0.25, 0.3) is 0 Å². The molecule has 8 heteroatoms. The maximum Gasteiger partial charge on any atom is 0.374 e. The van der Waals surface area contributed by atoms with Crippen molar-refractivity contribution in [2.45, 2.75) is 43.8 Å². The number of benzene rings is 2. The van der Waals surface area contributed by atoms with Gasteiger partial charge in [0.05, 0.1) is 19.2 Å². The van der Waals surface area contributed by atoms with Crippen LogP contribution in [0.2, 0.25) is 0 Å². The van der Waals surface area contributed by atoms with Crippen LogP contribution in [0, 0.1) is 0 Å². The average molecular weight is 479 g/mol. The van der Waals surface area contributed by atoms with Gasteiger partial charge in [-0.2, -0.15) is 0 Å². The summed E-state index contributed by atoms with van der Waals surface area (Å²) in [5.41, 5.74) is 2.67. The SMILES string of the molecule is CCOC(=O)c1oc2ccccc2c1CSc1nnc([C@@H](CC)N(C)C)n1Cc1ccccc1. The second-order valence-corrected chi connectivity index (χ2v) is 9.16. The summed E-state index contributed by atoms with van der Waals surface area (Å²) in [6.45, 7) is 4.91. The quantitative estimate of drug-likeness (QED) is 0.218. The molecular weight excluding hydrogens is 448 g/mol. The number of esters is 1. The lowest BCUT2D eigenvalue weighted by atomic mass is 10.1. The highest BCUT2D eigenvalue weighted by atomic mass is 32.2. The van der Waals surface area contributed by atoms with E-state index >= 15 is 0 Å². The van der Waals surface area contributed by atoms with Gasteiger partial charge in [-0.15, -0.1) is 10.2 Å². The molecule has 0 amide bonds. The smallest absolute Gasteiger partial charge is 0.374 e. The zero-order valence-corrected chi connectivity index (χ0v) is 20.8. The van der Waals surface area contributed by atoms with Crippen molar-refractivity contribution in [3.63, 3.8) is 0 Å². The van der Waals surface area contributed by atoms with Crippen LogP contribution in [-0.4, -0.2) is 46.3 Å². The molecule has 0 spiro atoms. The summed E-state index contributed by atoms with van der Waals surface area (Å²) >= 11 is 1.55. The number of carbonyl (C=O) groups is 1. The molecule has 0 aliphatic carbocycles. The highest BCUT2D eigenvalue weighted by molar-refractivity contribution is 7.98. The van der Waals surface area contributed by atoms with Crippen LogP contribution < -0.4 is 0 Å².